The van der Waals surface area contributed by atoms with Crippen LogP contribution in [-0.4, -0.2) is 37.9 Å². The fourth-order valence-electron chi connectivity index (χ4n) is 3.15. The Labute approximate surface area is 170 Å². The van der Waals surface area contributed by atoms with Crippen LogP contribution in [0.2, 0.25) is 0 Å². The van der Waals surface area contributed by atoms with Gasteiger partial charge in [0, 0.05) is 18.0 Å². The number of benzene rings is 1. The second kappa shape index (κ2) is 8.38. The molecule has 0 saturated heterocycles. The second-order valence-electron chi connectivity index (χ2n) is 6.82. The van der Waals surface area contributed by atoms with Crippen molar-refractivity contribution in [2.24, 2.45) is 10.9 Å². The van der Waals surface area contributed by atoms with Crippen LogP contribution in [0.1, 0.15) is 35.1 Å². The van der Waals surface area contributed by atoms with Gasteiger partial charge in [0.15, 0.2) is 5.96 Å². The Morgan fingerprint density at radius 3 is 2.61 bits per heavy atom. The van der Waals surface area contributed by atoms with Crippen LogP contribution >= 0.6 is 11.3 Å². The summed E-state index contributed by atoms with van der Waals surface area (Å²) in [7, 11) is 1.52. The Morgan fingerprint density at radius 1 is 1.43 bits per heavy atom. The Bertz CT molecular complexity index is 898. The standard InChI is InChI=1S/C18H23N5O3S2/c1-18(16-21-13(19)10-27-16,14(28(25)26)11-8-9-11)23-17(20-2)22-15(24)12-6-4-3-5-7-12/h3-7,10-11,14H,8-9,19H2,1-2H3,(H,25,26)(H2,20,22,23,24)/p-1. The van der Waals surface area contributed by atoms with E-state index >= 15 is 0 Å². The number of aliphatic imine (C=N–C) groups is 1. The van der Waals surface area contributed by atoms with Gasteiger partial charge in [0.1, 0.15) is 16.4 Å². The lowest BCUT2D eigenvalue weighted by molar-refractivity contribution is 0.0975. The van der Waals surface area contributed by atoms with Crippen molar-refractivity contribution in [2.45, 2.75) is 30.6 Å². The van der Waals surface area contributed by atoms with Crippen molar-refractivity contribution in [1.82, 2.24) is 15.6 Å². The average Bonchev–Trinajstić information content (AvgIpc) is 3.39. The summed E-state index contributed by atoms with van der Waals surface area (Å²) in [5.74, 6) is 0.161. The number of nitrogens with two attached hydrogens (primary N) is 1. The molecule has 3 atom stereocenters. The van der Waals surface area contributed by atoms with E-state index < -0.39 is 21.9 Å². The highest BCUT2D eigenvalue weighted by Gasteiger charge is 2.48. The molecule has 10 heteroatoms. The van der Waals surface area contributed by atoms with E-state index in [-0.39, 0.29) is 17.8 Å². The van der Waals surface area contributed by atoms with Crippen molar-refractivity contribution in [1.29, 1.82) is 0 Å². The molecule has 4 N–H and O–H groups in total. The molecule has 3 unspecified atom stereocenters. The van der Waals surface area contributed by atoms with E-state index in [1.54, 1.807) is 36.6 Å². The van der Waals surface area contributed by atoms with Crippen molar-refractivity contribution in [3.63, 3.8) is 0 Å². The van der Waals surface area contributed by atoms with Gasteiger partial charge in [-0.05, 0) is 48.9 Å². The number of nitrogens with one attached hydrogen (secondary N) is 2. The molecule has 1 saturated carbocycles. The number of nitrogens with zero attached hydrogens (tertiary/aromatic N) is 2. The Hall–Kier alpha value is -2.30. The molecule has 1 aromatic heterocycles. The predicted molar refractivity (Wildman–Crippen MR) is 110 cm³/mol. The summed E-state index contributed by atoms with van der Waals surface area (Å²) in [5.41, 5.74) is 5.16. The lowest BCUT2D eigenvalue weighted by atomic mass is 9.94. The molecule has 28 heavy (non-hydrogen) atoms. The number of carbonyl (C=O) groups excluding carboxylic acids is 1. The van der Waals surface area contributed by atoms with Crippen molar-refractivity contribution in [3.05, 3.63) is 46.3 Å². The third kappa shape index (κ3) is 4.40. The van der Waals surface area contributed by atoms with E-state index in [9.17, 15) is 13.6 Å². The minimum Gasteiger partial charge on any atom is -0.772 e. The molecule has 0 bridgehead atoms. The van der Waals surface area contributed by atoms with E-state index in [1.165, 1.54) is 18.4 Å². The van der Waals surface area contributed by atoms with Gasteiger partial charge in [-0.3, -0.25) is 19.3 Å². The number of thiazole rings is 1. The third-order valence-electron chi connectivity index (χ3n) is 4.66. The minimum absolute atomic E-state index is 0.0175. The first kappa shape index (κ1) is 20.4. The van der Waals surface area contributed by atoms with Gasteiger partial charge in [-0.15, -0.1) is 11.3 Å². The molecule has 1 heterocycles. The number of aromatic nitrogens is 1. The molecular formula is C18H22N5O3S2-. The Balaban J connectivity index is 1.89. The number of hydrogen-bond donors (Lipinski definition) is 3. The number of guanidine groups is 1. The summed E-state index contributed by atoms with van der Waals surface area (Å²) in [5, 5.41) is 7.30. The van der Waals surface area contributed by atoms with Gasteiger partial charge in [0.25, 0.3) is 5.91 Å². The smallest absolute Gasteiger partial charge is 0.257 e. The molecule has 3 rings (SSSR count). The van der Waals surface area contributed by atoms with E-state index in [1.807, 2.05) is 6.07 Å². The number of anilines is 1. The van der Waals surface area contributed by atoms with Gasteiger partial charge in [-0.25, -0.2) is 4.98 Å². The van der Waals surface area contributed by atoms with Crippen LogP contribution in [0, 0.1) is 5.92 Å². The monoisotopic (exact) mass is 420 g/mol. The maximum atomic E-state index is 12.5. The molecule has 150 valence electrons. The number of nitrogen functional groups attached to an aromatic ring is 1. The van der Waals surface area contributed by atoms with E-state index in [0.29, 0.717) is 16.4 Å². The van der Waals surface area contributed by atoms with E-state index in [2.05, 4.69) is 20.6 Å². The van der Waals surface area contributed by atoms with Crippen LogP contribution in [0.5, 0.6) is 0 Å². The van der Waals surface area contributed by atoms with Crippen molar-refractivity contribution >= 4 is 40.1 Å². The van der Waals surface area contributed by atoms with Crippen LogP contribution in [0.15, 0.2) is 40.7 Å². The van der Waals surface area contributed by atoms with Gasteiger partial charge in [-0.1, -0.05) is 18.2 Å². The topological polar surface area (TPSA) is 133 Å². The fourth-order valence-corrected chi connectivity index (χ4v) is 5.23. The largest absolute Gasteiger partial charge is 0.772 e. The summed E-state index contributed by atoms with van der Waals surface area (Å²) < 4.78 is 24.2. The SMILES string of the molecule is CN=C(NC(=O)c1ccccc1)NC(C)(c1nc(N)cs1)C(C1CC1)S(=O)[O-]. The summed E-state index contributed by atoms with van der Waals surface area (Å²) in [6.07, 6.45) is 1.65. The molecule has 1 aliphatic rings. The fraction of sp³-hybridized carbons (Fsp3) is 0.389. The maximum absolute atomic E-state index is 12.5. The van der Waals surface area contributed by atoms with E-state index in [4.69, 9.17) is 5.73 Å². The molecule has 1 aromatic carbocycles. The van der Waals surface area contributed by atoms with Gasteiger partial charge >= 0.3 is 0 Å². The first-order valence-electron chi connectivity index (χ1n) is 8.76. The summed E-state index contributed by atoms with van der Waals surface area (Å²) >= 11 is -1.08. The van der Waals surface area contributed by atoms with Gasteiger partial charge < -0.3 is 15.6 Å². The zero-order valence-corrected chi connectivity index (χ0v) is 17.2. The quantitative estimate of drug-likeness (QED) is 0.369. The van der Waals surface area contributed by atoms with Crippen LogP contribution in [0.4, 0.5) is 5.82 Å². The van der Waals surface area contributed by atoms with Gasteiger partial charge in [0.2, 0.25) is 0 Å². The lowest BCUT2D eigenvalue weighted by Crippen LogP contribution is -2.58. The van der Waals surface area contributed by atoms with Crippen molar-refractivity contribution in [2.75, 3.05) is 12.8 Å². The third-order valence-corrected chi connectivity index (χ3v) is 7.03. The Morgan fingerprint density at radius 2 is 2.11 bits per heavy atom. The predicted octanol–water partition coefficient (Wildman–Crippen LogP) is 1.60. The van der Waals surface area contributed by atoms with E-state index in [0.717, 1.165) is 12.8 Å². The number of rotatable bonds is 6. The first-order chi connectivity index (χ1) is 13.3. The molecule has 0 aliphatic heterocycles. The van der Waals surface area contributed by atoms with Crippen LogP contribution in [0.3, 0.4) is 0 Å². The normalized spacial score (nSPS) is 18.8. The highest BCUT2D eigenvalue weighted by Crippen LogP contribution is 2.44. The summed E-state index contributed by atoms with van der Waals surface area (Å²) in [6.45, 7) is 1.75. The molecule has 1 fully saturated rings. The molecular weight excluding hydrogens is 398 g/mol. The summed E-state index contributed by atoms with van der Waals surface area (Å²) in [6, 6.07) is 8.71. The number of amides is 1. The highest BCUT2D eigenvalue weighted by atomic mass is 32.2. The second-order valence-corrected chi connectivity index (χ2v) is 8.70. The van der Waals surface area contributed by atoms with Gasteiger partial charge in [0.05, 0.1) is 5.25 Å². The zero-order valence-electron chi connectivity index (χ0n) is 15.5. The molecule has 0 radical (unpaired) electrons. The molecule has 8 nitrogen and oxygen atoms in total. The highest BCUT2D eigenvalue weighted by molar-refractivity contribution is 7.79. The minimum atomic E-state index is -2.35. The number of carbonyl (C=O) groups is 1. The van der Waals surface area contributed by atoms with Gasteiger partial charge in [-0.2, -0.15) is 0 Å². The molecule has 0 spiro atoms. The van der Waals surface area contributed by atoms with Crippen molar-refractivity contribution in [3.8, 4) is 0 Å². The molecule has 1 amide bonds. The number of hydrogen-bond acceptors (Lipinski definition) is 7. The van der Waals surface area contributed by atoms with Crippen LogP contribution in [-0.2, 0) is 16.6 Å². The van der Waals surface area contributed by atoms with Crippen LogP contribution in [0.25, 0.3) is 0 Å². The van der Waals surface area contributed by atoms with Crippen molar-refractivity contribution < 1.29 is 13.6 Å². The maximum Gasteiger partial charge on any atom is 0.257 e. The first-order valence-corrected chi connectivity index (χ1v) is 10.8. The summed E-state index contributed by atoms with van der Waals surface area (Å²) in [4.78, 5) is 20.9. The lowest BCUT2D eigenvalue weighted by Gasteiger charge is -2.39. The molecule has 1 aliphatic carbocycles. The average molecular weight is 421 g/mol. The zero-order chi connectivity index (χ0) is 20.3. The van der Waals surface area contributed by atoms with Crippen LogP contribution < -0.4 is 16.4 Å². The Kier molecular flexibility index (Phi) is 6.11. The molecule has 2 aromatic rings.